The highest BCUT2D eigenvalue weighted by atomic mass is 32.1. The predicted octanol–water partition coefficient (Wildman–Crippen LogP) is 3.19. The van der Waals surface area contributed by atoms with Gasteiger partial charge in [0, 0.05) is 17.0 Å². The number of benzene rings is 2. The smallest absolute Gasteiger partial charge is 0.264 e. The summed E-state index contributed by atoms with van der Waals surface area (Å²) in [7, 11) is 0. The van der Waals surface area contributed by atoms with Crippen molar-refractivity contribution in [1.29, 1.82) is 0 Å². The van der Waals surface area contributed by atoms with Crippen LogP contribution in [-0.4, -0.2) is 22.6 Å². The quantitative estimate of drug-likeness (QED) is 0.713. The summed E-state index contributed by atoms with van der Waals surface area (Å²) in [4.78, 5) is 15.9. The number of thiazole rings is 1. The molecule has 2 N–H and O–H groups in total. The molecule has 2 aromatic carbocycles. The number of nitrogens with one attached hydrogen (secondary N) is 2. The van der Waals surface area contributed by atoms with Crippen LogP contribution in [0.3, 0.4) is 0 Å². The number of carbonyl (C=O) groups excluding carboxylic acids is 1. The maximum absolute atomic E-state index is 11.9. The first-order chi connectivity index (χ1) is 11.2. The van der Waals surface area contributed by atoms with Gasteiger partial charge in [-0.05, 0) is 23.7 Å². The predicted molar refractivity (Wildman–Crippen MR) is 95.9 cm³/mol. The monoisotopic (exact) mass is 343 g/mol. The molecule has 0 bridgehead atoms. The first-order valence-corrected chi connectivity index (χ1v) is 8.12. The minimum absolute atomic E-state index is 0.117. The molecule has 0 aliphatic rings. The molecule has 0 spiro atoms. The third-order valence-electron chi connectivity index (χ3n) is 3.01. The van der Waals surface area contributed by atoms with Crippen LogP contribution in [0.1, 0.15) is 0 Å². The average molecular weight is 343 g/mol. The van der Waals surface area contributed by atoms with Crippen molar-refractivity contribution in [2.75, 3.05) is 11.9 Å². The minimum atomic E-state index is -0.327. The first-order valence-electron chi connectivity index (χ1n) is 6.83. The number of carbonyl (C=O) groups is 1. The van der Waals surface area contributed by atoms with Crippen molar-refractivity contribution in [1.82, 2.24) is 10.3 Å². The Morgan fingerprint density at radius 2 is 2.04 bits per heavy atom. The van der Waals surface area contributed by atoms with Gasteiger partial charge in [0.1, 0.15) is 5.75 Å². The molecule has 0 saturated heterocycles. The second-order valence-electron chi connectivity index (χ2n) is 4.61. The number of anilines is 1. The molecule has 0 aliphatic carbocycles. The van der Waals surface area contributed by atoms with Crippen LogP contribution in [0.4, 0.5) is 5.13 Å². The fourth-order valence-corrected chi connectivity index (χ4v) is 2.85. The Morgan fingerprint density at radius 1 is 1.22 bits per heavy atom. The Balaban J connectivity index is 1.57. The lowest BCUT2D eigenvalue weighted by Gasteiger charge is -2.10. The number of fused-ring (bicyclic) bond motifs is 1. The summed E-state index contributed by atoms with van der Waals surface area (Å²) < 4.78 is 5.60. The van der Waals surface area contributed by atoms with Crippen molar-refractivity contribution in [3.8, 4) is 5.75 Å². The number of nitrogens with zero attached hydrogens (tertiary/aromatic N) is 1. The Labute approximate surface area is 142 Å². The number of aromatic nitrogens is 1. The van der Waals surface area contributed by atoms with Crippen LogP contribution < -0.4 is 15.4 Å². The molecule has 116 valence electrons. The number of rotatable bonds is 4. The van der Waals surface area contributed by atoms with E-state index in [9.17, 15) is 4.79 Å². The molecular formula is C16H13N3O2S2. The molecule has 0 aliphatic heterocycles. The van der Waals surface area contributed by atoms with E-state index in [0.717, 1.165) is 10.8 Å². The number of amides is 1. The number of hydrogen-bond acceptors (Lipinski definition) is 5. The SMILES string of the molecule is O=C(COc1cccc2ccccc12)NC(=S)Nc1nccs1. The summed E-state index contributed by atoms with van der Waals surface area (Å²) in [6.07, 6.45) is 1.65. The van der Waals surface area contributed by atoms with E-state index < -0.39 is 0 Å². The molecule has 1 heterocycles. The van der Waals surface area contributed by atoms with Gasteiger partial charge in [0.05, 0.1) is 0 Å². The van der Waals surface area contributed by atoms with E-state index >= 15 is 0 Å². The van der Waals surface area contributed by atoms with Gasteiger partial charge in [0.15, 0.2) is 16.9 Å². The van der Waals surface area contributed by atoms with Crippen LogP contribution in [0.5, 0.6) is 5.75 Å². The molecular weight excluding hydrogens is 330 g/mol. The van der Waals surface area contributed by atoms with Gasteiger partial charge in [-0.15, -0.1) is 11.3 Å². The van der Waals surface area contributed by atoms with Gasteiger partial charge in [0.25, 0.3) is 5.91 Å². The molecule has 23 heavy (non-hydrogen) atoms. The molecule has 7 heteroatoms. The molecule has 0 saturated carbocycles. The van der Waals surface area contributed by atoms with Crippen LogP contribution in [0, 0.1) is 0 Å². The first kappa shape index (κ1) is 15.4. The van der Waals surface area contributed by atoms with E-state index in [0.29, 0.717) is 10.9 Å². The highest BCUT2D eigenvalue weighted by Crippen LogP contribution is 2.24. The fourth-order valence-electron chi connectivity index (χ4n) is 2.04. The topological polar surface area (TPSA) is 63.2 Å². The number of hydrogen-bond donors (Lipinski definition) is 2. The van der Waals surface area contributed by atoms with E-state index in [1.165, 1.54) is 11.3 Å². The lowest BCUT2D eigenvalue weighted by molar-refractivity contribution is -0.121. The molecule has 0 radical (unpaired) electrons. The van der Waals surface area contributed by atoms with Crippen LogP contribution >= 0.6 is 23.6 Å². The molecule has 0 fully saturated rings. The van der Waals surface area contributed by atoms with Gasteiger partial charge in [-0.3, -0.25) is 10.1 Å². The third-order valence-corrected chi connectivity index (χ3v) is 3.91. The molecule has 0 atom stereocenters. The van der Waals surface area contributed by atoms with Crippen LogP contribution in [0.25, 0.3) is 10.8 Å². The zero-order valence-electron chi connectivity index (χ0n) is 12.0. The van der Waals surface area contributed by atoms with Crippen molar-refractivity contribution in [2.45, 2.75) is 0 Å². The van der Waals surface area contributed by atoms with Crippen molar-refractivity contribution in [2.24, 2.45) is 0 Å². The Kier molecular flexibility index (Phi) is 4.80. The van der Waals surface area contributed by atoms with E-state index in [-0.39, 0.29) is 17.6 Å². The summed E-state index contributed by atoms with van der Waals surface area (Å²) >= 11 is 6.45. The van der Waals surface area contributed by atoms with Crippen molar-refractivity contribution in [3.63, 3.8) is 0 Å². The van der Waals surface area contributed by atoms with Crippen molar-refractivity contribution in [3.05, 3.63) is 54.0 Å². The maximum Gasteiger partial charge on any atom is 0.264 e. The highest BCUT2D eigenvalue weighted by molar-refractivity contribution is 7.80. The van der Waals surface area contributed by atoms with E-state index in [1.54, 1.807) is 6.20 Å². The standard InChI is InChI=1S/C16H13N3O2S2/c20-14(18-15(22)19-16-17-8-9-23-16)10-21-13-7-3-5-11-4-1-2-6-12(11)13/h1-9H,10H2,(H2,17,18,19,20,22). The summed E-state index contributed by atoms with van der Waals surface area (Å²) in [6, 6.07) is 13.6. The van der Waals surface area contributed by atoms with E-state index in [2.05, 4.69) is 15.6 Å². The minimum Gasteiger partial charge on any atom is -0.483 e. The molecule has 5 nitrogen and oxygen atoms in total. The van der Waals surface area contributed by atoms with Gasteiger partial charge in [-0.25, -0.2) is 4.98 Å². The molecule has 0 unspecified atom stereocenters. The van der Waals surface area contributed by atoms with E-state index in [4.69, 9.17) is 17.0 Å². The fraction of sp³-hybridized carbons (Fsp3) is 0.0625. The van der Waals surface area contributed by atoms with Gasteiger partial charge < -0.3 is 10.1 Å². The van der Waals surface area contributed by atoms with Gasteiger partial charge in [0.2, 0.25) is 0 Å². The Hall–Kier alpha value is -2.51. The average Bonchev–Trinajstić information content (AvgIpc) is 3.05. The van der Waals surface area contributed by atoms with Gasteiger partial charge in [-0.1, -0.05) is 36.4 Å². The summed E-state index contributed by atoms with van der Waals surface area (Å²) in [6.45, 7) is -0.117. The zero-order chi connectivity index (χ0) is 16.1. The second kappa shape index (κ2) is 7.17. The third kappa shape index (κ3) is 4.02. The van der Waals surface area contributed by atoms with Crippen LogP contribution in [0.2, 0.25) is 0 Å². The Bertz CT molecular complexity index is 829. The van der Waals surface area contributed by atoms with Crippen LogP contribution in [0.15, 0.2) is 54.0 Å². The number of ether oxygens (including phenoxy) is 1. The largest absolute Gasteiger partial charge is 0.483 e. The highest BCUT2D eigenvalue weighted by Gasteiger charge is 2.08. The van der Waals surface area contributed by atoms with Crippen LogP contribution in [-0.2, 0) is 4.79 Å². The summed E-state index contributed by atoms with van der Waals surface area (Å²) in [5, 5.41) is 10.1. The van der Waals surface area contributed by atoms with E-state index in [1.807, 2.05) is 47.8 Å². The molecule has 1 amide bonds. The lowest BCUT2D eigenvalue weighted by Crippen LogP contribution is -2.37. The zero-order valence-corrected chi connectivity index (χ0v) is 13.6. The maximum atomic E-state index is 11.9. The molecule has 1 aromatic heterocycles. The summed E-state index contributed by atoms with van der Waals surface area (Å²) in [5.74, 6) is 0.337. The molecule has 3 aromatic rings. The normalized spacial score (nSPS) is 10.3. The molecule has 3 rings (SSSR count). The van der Waals surface area contributed by atoms with Crippen molar-refractivity contribution < 1.29 is 9.53 Å². The second-order valence-corrected chi connectivity index (χ2v) is 5.91. The van der Waals surface area contributed by atoms with Gasteiger partial charge >= 0.3 is 0 Å². The summed E-state index contributed by atoms with van der Waals surface area (Å²) in [5.41, 5.74) is 0. The Morgan fingerprint density at radius 3 is 2.87 bits per heavy atom. The van der Waals surface area contributed by atoms with Gasteiger partial charge in [-0.2, -0.15) is 0 Å². The number of thiocarbonyl (C=S) groups is 1. The lowest BCUT2D eigenvalue weighted by atomic mass is 10.1. The van der Waals surface area contributed by atoms with Crippen molar-refractivity contribution >= 4 is 50.5 Å².